The second-order valence-corrected chi connectivity index (χ2v) is 4.92. The van der Waals surface area contributed by atoms with Crippen molar-refractivity contribution in [2.24, 2.45) is 7.05 Å². The lowest BCUT2D eigenvalue weighted by Gasteiger charge is -2.09. The van der Waals surface area contributed by atoms with Crippen LogP contribution in [0.2, 0.25) is 5.15 Å². The highest BCUT2D eigenvalue weighted by molar-refractivity contribution is 6.30. The minimum absolute atomic E-state index is 0.443. The molecule has 5 heteroatoms. The summed E-state index contributed by atoms with van der Waals surface area (Å²) in [5, 5.41) is 15.1. The quantitative estimate of drug-likeness (QED) is 0.931. The number of halogens is 1. The zero-order valence-corrected chi connectivity index (χ0v) is 11.7. The molecule has 0 aliphatic rings. The van der Waals surface area contributed by atoms with E-state index in [1.807, 2.05) is 26.8 Å². The van der Waals surface area contributed by atoms with E-state index < -0.39 is 6.10 Å². The summed E-state index contributed by atoms with van der Waals surface area (Å²) in [6.45, 7) is 5.61. The molecule has 0 bridgehead atoms. The van der Waals surface area contributed by atoms with Crippen molar-refractivity contribution in [3.05, 3.63) is 39.6 Å². The van der Waals surface area contributed by atoms with Gasteiger partial charge in [-0.25, -0.2) is 0 Å². The molecule has 1 atom stereocenters. The van der Waals surface area contributed by atoms with Crippen LogP contribution >= 0.6 is 11.6 Å². The topological polar surface area (TPSA) is 51.2 Å². The summed E-state index contributed by atoms with van der Waals surface area (Å²) >= 11 is 6.16. The smallest absolute Gasteiger partial charge is 0.130 e. The Morgan fingerprint density at radius 3 is 2.56 bits per heavy atom. The molecule has 0 amide bonds. The molecule has 2 aromatic heterocycles. The first-order valence-corrected chi connectivity index (χ1v) is 6.21. The first-order valence-electron chi connectivity index (χ1n) is 5.83. The third kappa shape index (κ3) is 2.31. The standard InChI is InChI=1S/C13H17ClN2O2/c1-7-5-11(9(3)18-7)12(17)6-10-8(2)15-16(4)13(10)14/h5,12,17H,6H2,1-4H3. The van der Waals surface area contributed by atoms with Crippen molar-refractivity contribution in [3.63, 3.8) is 0 Å². The highest BCUT2D eigenvalue weighted by Crippen LogP contribution is 2.28. The zero-order chi connectivity index (χ0) is 13.4. The van der Waals surface area contributed by atoms with Crippen LogP contribution in [-0.4, -0.2) is 14.9 Å². The van der Waals surface area contributed by atoms with Crippen LogP contribution in [0.25, 0.3) is 0 Å². The fourth-order valence-corrected chi connectivity index (χ4v) is 2.44. The molecule has 0 aromatic carbocycles. The van der Waals surface area contributed by atoms with Crippen LogP contribution in [0.1, 0.15) is 34.4 Å². The van der Waals surface area contributed by atoms with E-state index in [0.717, 1.165) is 28.3 Å². The van der Waals surface area contributed by atoms with E-state index >= 15 is 0 Å². The van der Waals surface area contributed by atoms with Crippen molar-refractivity contribution in [3.8, 4) is 0 Å². The van der Waals surface area contributed by atoms with Crippen molar-refractivity contribution in [1.29, 1.82) is 0 Å². The van der Waals surface area contributed by atoms with Crippen molar-refractivity contribution < 1.29 is 9.52 Å². The lowest BCUT2D eigenvalue weighted by Crippen LogP contribution is -2.03. The van der Waals surface area contributed by atoms with Gasteiger partial charge in [0.1, 0.15) is 16.7 Å². The third-order valence-corrected chi connectivity index (χ3v) is 3.58. The van der Waals surface area contributed by atoms with E-state index in [2.05, 4.69) is 5.10 Å². The van der Waals surface area contributed by atoms with Gasteiger partial charge in [-0.3, -0.25) is 4.68 Å². The Balaban J connectivity index is 2.26. The van der Waals surface area contributed by atoms with Gasteiger partial charge in [0.25, 0.3) is 0 Å². The van der Waals surface area contributed by atoms with E-state index in [1.165, 1.54) is 0 Å². The molecule has 2 rings (SSSR count). The molecular weight excluding hydrogens is 252 g/mol. The van der Waals surface area contributed by atoms with Gasteiger partial charge in [-0.15, -0.1) is 0 Å². The Bertz CT molecular complexity index is 572. The molecule has 0 spiro atoms. The van der Waals surface area contributed by atoms with E-state index in [0.29, 0.717) is 11.6 Å². The Morgan fingerprint density at radius 1 is 1.44 bits per heavy atom. The molecule has 4 nitrogen and oxygen atoms in total. The molecule has 0 saturated carbocycles. The van der Waals surface area contributed by atoms with Gasteiger partial charge in [0.2, 0.25) is 0 Å². The zero-order valence-electron chi connectivity index (χ0n) is 11.0. The molecule has 0 aliphatic heterocycles. The first kappa shape index (κ1) is 13.2. The van der Waals surface area contributed by atoms with Crippen LogP contribution in [0.4, 0.5) is 0 Å². The fourth-order valence-electron chi connectivity index (χ4n) is 2.19. The van der Waals surface area contributed by atoms with Crippen LogP contribution in [0.5, 0.6) is 0 Å². The molecule has 2 heterocycles. The number of aliphatic hydroxyl groups excluding tert-OH is 1. The number of aliphatic hydroxyl groups is 1. The van der Waals surface area contributed by atoms with Gasteiger partial charge in [0, 0.05) is 24.6 Å². The maximum absolute atomic E-state index is 10.3. The summed E-state index contributed by atoms with van der Waals surface area (Å²) in [7, 11) is 1.79. The van der Waals surface area contributed by atoms with Crippen molar-refractivity contribution >= 4 is 11.6 Å². The van der Waals surface area contributed by atoms with E-state index in [9.17, 15) is 5.11 Å². The first-order chi connectivity index (χ1) is 8.40. The van der Waals surface area contributed by atoms with Crippen LogP contribution in [0.3, 0.4) is 0 Å². The highest BCUT2D eigenvalue weighted by atomic mass is 35.5. The van der Waals surface area contributed by atoms with E-state index in [4.69, 9.17) is 16.0 Å². The summed E-state index contributed by atoms with van der Waals surface area (Å²) in [6.07, 6.45) is -0.180. The van der Waals surface area contributed by atoms with Crippen molar-refractivity contribution in [2.45, 2.75) is 33.3 Å². The van der Waals surface area contributed by atoms with Gasteiger partial charge >= 0.3 is 0 Å². The van der Waals surface area contributed by atoms with Crippen LogP contribution in [-0.2, 0) is 13.5 Å². The fraction of sp³-hybridized carbons (Fsp3) is 0.462. The number of rotatable bonds is 3. The summed E-state index contributed by atoms with van der Waals surface area (Å²) < 4.78 is 7.04. The third-order valence-electron chi connectivity index (χ3n) is 3.11. The summed E-state index contributed by atoms with van der Waals surface area (Å²) in [6, 6.07) is 1.86. The molecule has 18 heavy (non-hydrogen) atoms. The second kappa shape index (κ2) is 4.78. The summed E-state index contributed by atoms with van der Waals surface area (Å²) in [4.78, 5) is 0. The monoisotopic (exact) mass is 268 g/mol. The number of hydrogen-bond donors (Lipinski definition) is 1. The molecule has 0 saturated heterocycles. The lowest BCUT2D eigenvalue weighted by atomic mass is 10.0. The number of hydrogen-bond acceptors (Lipinski definition) is 3. The van der Waals surface area contributed by atoms with Gasteiger partial charge in [-0.2, -0.15) is 5.10 Å². The van der Waals surface area contributed by atoms with Gasteiger partial charge in [0.05, 0.1) is 11.8 Å². The average molecular weight is 269 g/mol. The van der Waals surface area contributed by atoms with Gasteiger partial charge in [-0.05, 0) is 26.8 Å². The lowest BCUT2D eigenvalue weighted by molar-refractivity contribution is 0.176. The van der Waals surface area contributed by atoms with Crippen LogP contribution in [0, 0.1) is 20.8 Å². The number of nitrogens with zero attached hydrogens (tertiary/aromatic N) is 2. The Labute approximate surface area is 111 Å². The normalized spacial score (nSPS) is 13.0. The predicted molar refractivity (Wildman–Crippen MR) is 69.8 cm³/mol. The predicted octanol–water partition coefficient (Wildman–Crippen LogP) is 2.87. The molecule has 98 valence electrons. The average Bonchev–Trinajstić information content (AvgIpc) is 2.73. The number of furan rings is 1. The molecule has 2 aromatic rings. The summed E-state index contributed by atoms with van der Waals surface area (Å²) in [5.41, 5.74) is 2.54. The van der Waals surface area contributed by atoms with Crippen molar-refractivity contribution in [2.75, 3.05) is 0 Å². The molecular formula is C13H17ClN2O2. The Hall–Kier alpha value is -1.26. The number of aromatic nitrogens is 2. The second-order valence-electron chi connectivity index (χ2n) is 4.57. The molecule has 0 radical (unpaired) electrons. The highest BCUT2D eigenvalue weighted by Gasteiger charge is 2.19. The Kier molecular flexibility index (Phi) is 3.50. The van der Waals surface area contributed by atoms with Crippen LogP contribution in [0.15, 0.2) is 10.5 Å². The van der Waals surface area contributed by atoms with E-state index in [-0.39, 0.29) is 0 Å². The van der Waals surface area contributed by atoms with Gasteiger partial charge in [-0.1, -0.05) is 11.6 Å². The molecule has 0 fully saturated rings. The Morgan fingerprint density at radius 2 is 2.11 bits per heavy atom. The molecule has 1 unspecified atom stereocenters. The van der Waals surface area contributed by atoms with Crippen LogP contribution < -0.4 is 0 Å². The maximum Gasteiger partial charge on any atom is 0.130 e. The molecule has 1 N–H and O–H groups in total. The van der Waals surface area contributed by atoms with Crippen molar-refractivity contribution in [1.82, 2.24) is 9.78 Å². The SMILES string of the molecule is Cc1cc(C(O)Cc2c(C)nn(C)c2Cl)c(C)o1. The summed E-state index contributed by atoms with van der Waals surface area (Å²) in [5.74, 6) is 1.55. The number of aryl methyl sites for hydroxylation is 4. The van der Waals surface area contributed by atoms with E-state index in [1.54, 1.807) is 11.7 Å². The molecule has 0 aliphatic carbocycles. The minimum atomic E-state index is -0.622. The van der Waals surface area contributed by atoms with Gasteiger partial charge < -0.3 is 9.52 Å². The minimum Gasteiger partial charge on any atom is -0.466 e. The largest absolute Gasteiger partial charge is 0.466 e. The van der Waals surface area contributed by atoms with Gasteiger partial charge in [0.15, 0.2) is 0 Å². The maximum atomic E-state index is 10.3.